The minimum absolute atomic E-state index is 0.0332. The predicted molar refractivity (Wildman–Crippen MR) is 117 cm³/mol. The Bertz CT molecular complexity index is 1190. The van der Waals surface area contributed by atoms with Gasteiger partial charge in [0.2, 0.25) is 17.5 Å². The molecule has 3 aromatic rings. The maximum atomic E-state index is 9.84. The molecule has 4 rings (SSSR count). The van der Waals surface area contributed by atoms with Crippen molar-refractivity contribution in [3.05, 3.63) is 63.5 Å². The van der Waals surface area contributed by atoms with Crippen LogP contribution in [0.2, 0.25) is 0 Å². The molecule has 0 fully saturated rings. The number of hydrogen-bond donors (Lipinski definition) is 2. The molecule has 9 heteroatoms. The van der Waals surface area contributed by atoms with Crippen LogP contribution in [0.1, 0.15) is 17.0 Å². The van der Waals surface area contributed by atoms with Crippen molar-refractivity contribution in [2.24, 2.45) is 5.73 Å². The second-order valence-electron chi connectivity index (χ2n) is 6.71. The summed E-state index contributed by atoms with van der Waals surface area (Å²) in [6.45, 7) is 0. The van der Waals surface area contributed by atoms with E-state index >= 15 is 0 Å². The quantitative estimate of drug-likeness (QED) is 0.562. The topological polar surface area (TPSA) is 115 Å². The van der Waals surface area contributed by atoms with E-state index in [0.29, 0.717) is 40.0 Å². The summed E-state index contributed by atoms with van der Waals surface area (Å²) in [4.78, 5) is 0. The van der Waals surface area contributed by atoms with Crippen LogP contribution in [0.4, 0.5) is 0 Å². The minimum Gasteiger partial charge on any atom is -0.493 e. The van der Waals surface area contributed by atoms with Crippen LogP contribution in [0, 0.1) is 11.3 Å². The first-order chi connectivity index (χ1) is 15.0. The van der Waals surface area contributed by atoms with E-state index in [2.05, 4.69) is 32.2 Å². The van der Waals surface area contributed by atoms with Gasteiger partial charge < -0.3 is 24.7 Å². The van der Waals surface area contributed by atoms with E-state index in [-0.39, 0.29) is 5.88 Å². The van der Waals surface area contributed by atoms with Crippen LogP contribution in [-0.4, -0.2) is 31.5 Å². The first-order valence-corrected chi connectivity index (χ1v) is 10.0. The summed E-state index contributed by atoms with van der Waals surface area (Å²) in [6.07, 6.45) is 0. The number of nitriles is 1. The molecule has 158 valence electrons. The zero-order chi connectivity index (χ0) is 22.1. The van der Waals surface area contributed by atoms with E-state index in [9.17, 15) is 5.26 Å². The highest BCUT2D eigenvalue weighted by molar-refractivity contribution is 9.10. The summed E-state index contributed by atoms with van der Waals surface area (Å²) in [5.41, 5.74) is 9.32. The number of rotatable bonds is 5. The van der Waals surface area contributed by atoms with Crippen LogP contribution in [0.25, 0.3) is 11.3 Å². The van der Waals surface area contributed by atoms with Crippen molar-refractivity contribution < 1.29 is 18.9 Å². The molecule has 0 unspecified atom stereocenters. The Labute approximate surface area is 187 Å². The highest BCUT2D eigenvalue weighted by Gasteiger charge is 2.36. The highest BCUT2D eigenvalue weighted by atomic mass is 79.9. The minimum atomic E-state index is -0.463. The fourth-order valence-electron chi connectivity index (χ4n) is 3.68. The molecule has 0 aliphatic carbocycles. The summed E-state index contributed by atoms with van der Waals surface area (Å²) >= 11 is 3.45. The third-order valence-electron chi connectivity index (χ3n) is 5.10. The Morgan fingerprint density at radius 2 is 1.74 bits per heavy atom. The van der Waals surface area contributed by atoms with Crippen molar-refractivity contribution in [2.75, 3.05) is 21.3 Å². The van der Waals surface area contributed by atoms with Crippen LogP contribution in [0.3, 0.4) is 0 Å². The molecule has 3 N–H and O–H groups in total. The molecular formula is C22H19BrN4O4. The van der Waals surface area contributed by atoms with Gasteiger partial charge in [0.25, 0.3) is 0 Å². The number of allylic oxidation sites excluding steroid dienone is 1. The number of H-pyrrole nitrogens is 1. The average molecular weight is 483 g/mol. The van der Waals surface area contributed by atoms with Gasteiger partial charge in [0.05, 0.1) is 38.5 Å². The molecule has 1 atom stereocenters. The first-order valence-electron chi connectivity index (χ1n) is 9.24. The molecule has 31 heavy (non-hydrogen) atoms. The molecule has 0 saturated carbocycles. The number of aromatic nitrogens is 2. The molecule has 1 aliphatic heterocycles. The fraction of sp³-hybridized carbons (Fsp3) is 0.182. The summed E-state index contributed by atoms with van der Waals surface area (Å²) in [5.74, 6) is 1.35. The lowest BCUT2D eigenvalue weighted by Crippen LogP contribution is -2.21. The van der Waals surface area contributed by atoms with E-state index in [1.165, 1.54) is 0 Å². The maximum Gasteiger partial charge on any atom is 0.244 e. The van der Waals surface area contributed by atoms with Crippen molar-refractivity contribution in [1.29, 1.82) is 5.26 Å². The standard InChI is InChI=1S/C22H19BrN4O4/c1-28-15-8-12(9-16(29-2)20(15)30-3)19-18-17(11-4-6-13(23)7-5-11)14(10-24)21(25)31-22(18)27-26-19/h4-9,17H,25H2,1-3H3,(H,26,27)/t17-/m1/s1. The van der Waals surface area contributed by atoms with Crippen LogP contribution < -0.4 is 24.7 Å². The molecule has 2 aromatic carbocycles. The Balaban J connectivity index is 1.95. The molecule has 0 saturated heterocycles. The van der Waals surface area contributed by atoms with Gasteiger partial charge in [-0.15, -0.1) is 5.10 Å². The Kier molecular flexibility index (Phi) is 5.48. The van der Waals surface area contributed by atoms with Crippen molar-refractivity contribution in [3.8, 4) is 40.5 Å². The zero-order valence-electron chi connectivity index (χ0n) is 17.0. The average Bonchev–Trinajstić information content (AvgIpc) is 3.20. The second kappa shape index (κ2) is 8.24. The normalized spacial score (nSPS) is 15.0. The predicted octanol–water partition coefficient (Wildman–Crippen LogP) is 4.08. The van der Waals surface area contributed by atoms with Gasteiger partial charge in [0.1, 0.15) is 11.6 Å². The van der Waals surface area contributed by atoms with Gasteiger partial charge in [0, 0.05) is 10.0 Å². The van der Waals surface area contributed by atoms with Gasteiger partial charge >= 0.3 is 0 Å². The number of nitrogens with two attached hydrogens (primary N) is 1. The smallest absolute Gasteiger partial charge is 0.244 e. The number of halogens is 1. The molecule has 0 radical (unpaired) electrons. The summed E-state index contributed by atoms with van der Waals surface area (Å²) in [6, 6.07) is 13.5. The van der Waals surface area contributed by atoms with Gasteiger partial charge in [-0.3, -0.25) is 5.10 Å². The molecule has 8 nitrogen and oxygen atoms in total. The van der Waals surface area contributed by atoms with Crippen LogP contribution in [0.5, 0.6) is 23.1 Å². The van der Waals surface area contributed by atoms with Crippen LogP contribution >= 0.6 is 15.9 Å². The third-order valence-corrected chi connectivity index (χ3v) is 5.62. The molecule has 1 aliphatic rings. The Morgan fingerprint density at radius 1 is 1.10 bits per heavy atom. The molecule has 0 bridgehead atoms. The number of methoxy groups -OCH3 is 3. The maximum absolute atomic E-state index is 9.84. The largest absolute Gasteiger partial charge is 0.493 e. The van der Waals surface area contributed by atoms with Gasteiger partial charge in [0.15, 0.2) is 11.5 Å². The van der Waals surface area contributed by atoms with Crippen molar-refractivity contribution in [2.45, 2.75) is 5.92 Å². The molecular weight excluding hydrogens is 464 g/mol. The van der Waals surface area contributed by atoms with Gasteiger partial charge in [-0.1, -0.05) is 28.1 Å². The number of ether oxygens (including phenoxy) is 4. The molecule has 1 aromatic heterocycles. The SMILES string of the molecule is COc1cc(-c2[nH]nc3c2[C@H](c2ccc(Br)cc2)C(C#N)=C(N)O3)cc(OC)c1OC. The van der Waals surface area contributed by atoms with Gasteiger partial charge in [-0.05, 0) is 29.8 Å². The Hall–Kier alpha value is -3.64. The monoisotopic (exact) mass is 482 g/mol. The van der Waals surface area contributed by atoms with E-state index in [1.807, 2.05) is 36.4 Å². The van der Waals surface area contributed by atoms with E-state index in [1.54, 1.807) is 21.3 Å². The van der Waals surface area contributed by atoms with Gasteiger partial charge in [-0.2, -0.15) is 5.26 Å². The van der Waals surface area contributed by atoms with Crippen molar-refractivity contribution >= 4 is 15.9 Å². The van der Waals surface area contributed by atoms with Crippen molar-refractivity contribution in [1.82, 2.24) is 10.2 Å². The number of nitrogens with zero attached hydrogens (tertiary/aromatic N) is 2. The number of nitrogens with one attached hydrogen (secondary N) is 1. The number of hydrogen-bond acceptors (Lipinski definition) is 7. The highest BCUT2D eigenvalue weighted by Crippen LogP contribution is 2.48. The van der Waals surface area contributed by atoms with Gasteiger partial charge in [-0.25, -0.2) is 0 Å². The number of aromatic amines is 1. The lowest BCUT2D eigenvalue weighted by atomic mass is 9.83. The second-order valence-corrected chi connectivity index (χ2v) is 7.62. The summed E-state index contributed by atoms with van der Waals surface area (Å²) in [7, 11) is 4.64. The molecule has 0 amide bonds. The van der Waals surface area contributed by atoms with Crippen LogP contribution in [0.15, 0.2) is 52.3 Å². The summed E-state index contributed by atoms with van der Waals surface area (Å²) < 4.78 is 23.0. The molecule has 2 heterocycles. The fourth-order valence-corrected chi connectivity index (χ4v) is 3.94. The lowest BCUT2D eigenvalue weighted by Gasteiger charge is -2.24. The zero-order valence-corrected chi connectivity index (χ0v) is 18.6. The van der Waals surface area contributed by atoms with E-state index in [0.717, 1.165) is 15.6 Å². The van der Waals surface area contributed by atoms with Crippen molar-refractivity contribution in [3.63, 3.8) is 0 Å². The number of benzene rings is 2. The third kappa shape index (κ3) is 3.45. The summed E-state index contributed by atoms with van der Waals surface area (Å²) in [5, 5.41) is 17.2. The first kappa shape index (κ1) is 20.6. The van der Waals surface area contributed by atoms with E-state index < -0.39 is 5.92 Å². The Morgan fingerprint density at radius 3 is 2.29 bits per heavy atom. The van der Waals surface area contributed by atoms with Crippen LogP contribution in [-0.2, 0) is 0 Å². The van der Waals surface area contributed by atoms with E-state index in [4.69, 9.17) is 24.7 Å². The number of fused-ring (bicyclic) bond motifs is 1. The molecule has 0 spiro atoms. The lowest BCUT2D eigenvalue weighted by molar-refractivity contribution is 0.324.